The van der Waals surface area contributed by atoms with Crippen LogP contribution in [0, 0.1) is 12.3 Å². The van der Waals surface area contributed by atoms with Crippen LogP contribution in [-0.4, -0.2) is 10.9 Å². The number of hydrogen-bond donors (Lipinski definition) is 1. The third kappa shape index (κ3) is 2.93. The lowest BCUT2D eigenvalue weighted by atomic mass is 9.96. The fourth-order valence-electron chi connectivity index (χ4n) is 0.933. The predicted molar refractivity (Wildman–Crippen MR) is 62.1 cm³/mol. The van der Waals surface area contributed by atoms with Crippen molar-refractivity contribution in [1.29, 1.82) is 0 Å². The lowest BCUT2D eigenvalue weighted by molar-refractivity contribution is -0.123. The van der Waals surface area contributed by atoms with Crippen molar-refractivity contribution >= 4 is 23.3 Å². The lowest BCUT2D eigenvalue weighted by Crippen LogP contribution is -2.28. The van der Waals surface area contributed by atoms with Gasteiger partial charge in [0.25, 0.3) is 0 Å². The fraction of sp³-hybridized carbons (Fsp3) is 0.455. The molecule has 1 aromatic rings. The van der Waals surface area contributed by atoms with Crippen LogP contribution < -0.4 is 5.32 Å². The number of pyridine rings is 1. The van der Waals surface area contributed by atoms with E-state index in [0.717, 1.165) is 5.56 Å². The van der Waals surface area contributed by atoms with E-state index in [1.807, 2.05) is 27.7 Å². The Morgan fingerprint density at radius 2 is 2.07 bits per heavy atom. The number of amides is 1. The minimum atomic E-state index is -0.434. The molecule has 0 fully saturated rings. The van der Waals surface area contributed by atoms with Gasteiger partial charge in [-0.3, -0.25) is 4.79 Å². The molecular weight excluding hydrogens is 212 g/mol. The molecule has 1 N–H and O–H groups in total. The Balaban J connectivity index is 2.91. The molecule has 0 unspecified atom stereocenters. The summed E-state index contributed by atoms with van der Waals surface area (Å²) in [5.41, 5.74) is 0.355. The first kappa shape index (κ1) is 12.0. The van der Waals surface area contributed by atoms with E-state index in [1.54, 1.807) is 12.3 Å². The quantitative estimate of drug-likeness (QED) is 0.800. The van der Waals surface area contributed by atoms with Gasteiger partial charge in [0.2, 0.25) is 5.91 Å². The van der Waals surface area contributed by atoms with Gasteiger partial charge < -0.3 is 5.32 Å². The highest BCUT2D eigenvalue weighted by Gasteiger charge is 2.22. The second-order valence-corrected chi connectivity index (χ2v) is 4.88. The number of nitrogens with zero attached hydrogens (tertiary/aromatic N) is 1. The van der Waals surface area contributed by atoms with Gasteiger partial charge in [-0.25, -0.2) is 4.98 Å². The Morgan fingerprint density at radius 1 is 1.47 bits per heavy atom. The fourth-order valence-corrected chi connectivity index (χ4v) is 1.08. The van der Waals surface area contributed by atoms with Crippen molar-refractivity contribution < 1.29 is 4.79 Å². The van der Waals surface area contributed by atoms with Crippen LogP contribution in [0.1, 0.15) is 26.3 Å². The second-order valence-electron chi connectivity index (χ2n) is 4.47. The molecular formula is C11H15ClN2O. The summed E-state index contributed by atoms with van der Waals surface area (Å²) in [7, 11) is 0. The summed E-state index contributed by atoms with van der Waals surface area (Å²) in [6, 6.07) is 1.70. The van der Waals surface area contributed by atoms with E-state index in [1.165, 1.54) is 0 Å². The molecule has 0 atom stereocenters. The summed E-state index contributed by atoms with van der Waals surface area (Å²) in [5.74, 6) is 0.461. The maximum atomic E-state index is 11.7. The van der Waals surface area contributed by atoms with Crippen LogP contribution in [0.5, 0.6) is 0 Å². The highest BCUT2D eigenvalue weighted by molar-refractivity contribution is 6.31. The number of aromatic nitrogens is 1. The molecule has 0 radical (unpaired) electrons. The Morgan fingerprint density at radius 3 is 2.60 bits per heavy atom. The Labute approximate surface area is 94.9 Å². The van der Waals surface area contributed by atoms with Crippen LogP contribution in [0.25, 0.3) is 0 Å². The molecule has 0 saturated heterocycles. The van der Waals surface area contributed by atoms with Crippen molar-refractivity contribution in [3.63, 3.8) is 0 Å². The molecule has 3 nitrogen and oxygen atoms in total. The second kappa shape index (κ2) is 4.19. The molecule has 0 aliphatic rings. The summed E-state index contributed by atoms with van der Waals surface area (Å²) in [5, 5.41) is 3.36. The van der Waals surface area contributed by atoms with Gasteiger partial charge in [-0.05, 0) is 13.0 Å². The topological polar surface area (TPSA) is 42.0 Å². The van der Waals surface area contributed by atoms with E-state index < -0.39 is 5.41 Å². The highest BCUT2D eigenvalue weighted by Crippen LogP contribution is 2.22. The molecule has 82 valence electrons. The van der Waals surface area contributed by atoms with Crippen molar-refractivity contribution in [2.24, 2.45) is 5.41 Å². The van der Waals surface area contributed by atoms with Crippen LogP contribution >= 0.6 is 11.6 Å². The molecule has 4 heteroatoms. The van der Waals surface area contributed by atoms with Crippen LogP contribution in [0.4, 0.5) is 5.82 Å². The summed E-state index contributed by atoms with van der Waals surface area (Å²) in [6.45, 7) is 7.38. The van der Waals surface area contributed by atoms with Crippen molar-refractivity contribution in [3.8, 4) is 0 Å². The van der Waals surface area contributed by atoms with Crippen LogP contribution in [0.3, 0.4) is 0 Å². The van der Waals surface area contributed by atoms with E-state index in [2.05, 4.69) is 10.3 Å². The van der Waals surface area contributed by atoms with Crippen LogP contribution in [0.15, 0.2) is 12.3 Å². The van der Waals surface area contributed by atoms with Gasteiger partial charge in [0.15, 0.2) is 0 Å². The maximum absolute atomic E-state index is 11.7. The number of nitrogens with one attached hydrogen (secondary N) is 1. The predicted octanol–water partition coefficient (Wildman–Crippen LogP) is 3.03. The third-order valence-electron chi connectivity index (χ3n) is 2.05. The number of halogens is 1. The van der Waals surface area contributed by atoms with Gasteiger partial charge in [-0.2, -0.15) is 0 Å². The van der Waals surface area contributed by atoms with Crippen LogP contribution in [0.2, 0.25) is 5.02 Å². The summed E-state index contributed by atoms with van der Waals surface area (Å²) < 4.78 is 0. The average Bonchev–Trinajstić information content (AvgIpc) is 2.11. The Bertz CT molecular complexity index is 383. The highest BCUT2D eigenvalue weighted by atomic mass is 35.5. The van der Waals surface area contributed by atoms with Gasteiger partial charge in [0, 0.05) is 22.2 Å². The smallest absolute Gasteiger partial charge is 0.230 e. The number of rotatable bonds is 1. The van der Waals surface area contributed by atoms with E-state index in [4.69, 9.17) is 11.6 Å². The number of hydrogen-bond acceptors (Lipinski definition) is 2. The SMILES string of the molecule is Cc1c(Cl)ccnc1NC(=O)C(C)(C)C. The van der Waals surface area contributed by atoms with Crippen molar-refractivity contribution in [2.45, 2.75) is 27.7 Å². The minimum absolute atomic E-state index is 0.0691. The molecule has 0 aliphatic carbocycles. The third-order valence-corrected chi connectivity index (χ3v) is 2.46. The number of carbonyl (C=O) groups is 1. The van der Waals surface area contributed by atoms with Crippen LogP contribution in [-0.2, 0) is 4.79 Å². The molecule has 0 spiro atoms. The first-order valence-electron chi connectivity index (χ1n) is 4.75. The van der Waals surface area contributed by atoms with E-state index in [9.17, 15) is 4.79 Å². The summed E-state index contributed by atoms with van der Waals surface area (Å²) >= 11 is 5.92. The molecule has 0 aliphatic heterocycles. The van der Waals surface area contributed by atoms with Gasteiger partial charge in [-0.1, -0.05) is 32.4 Å². The lowest BCUT2D eigenvalue weighted by Gasteiger charge is -2.18. The van der Waals surface area contributed by atoms with Gasteiger partial charge in [-0.15, -0.1) is 0 Å². The Kier molecular flexibility index (Phi) is 3.35. The average molecular weight is 227 g/mol. The number of carbonyl (C=O) groups excluding carboxylic acids is 1. The Hall–Kier alpha value is -1.09. The minimum Gasteiger partial charge on any atom is -0.310 e. The zero-order valence-corrected chi connectivity index (χ0v) is 10.1. The van der Waals surface area contributed by atoms with E-state index in [0.29, 0.717) is 10.8 Å². The molecule has 1 heterocycles. The van der Waals surface area contributed by atoms with Crippen molar-refractivity contribution in [1.82, 2.24) is 4.98 Å². The summed E-state index contributed by atoms with van der Waals surface area (Å²) in [4.78, 5) is 15.8. The molecule has 1 aromatic heterocycles. The van der Waals surface area contributed by atoms with Gasteiger partial charge in [0.1, 0.15) is 5.82 Å². The molecule has 0 aromatic carbocycles. The molecule has 0 bridgehead atoms. The van der Waals surface area contributed by atoms with Crippen molar-refractivity contribution in [3.05, 3.63) is 22.8 Å². The number of anilines is 1. The van der Waals surface area contributed by atoms with Gasteiger partial charge >= 0.3 is 0 Å². The standard InChI is InChI=1S/C11H15ClN2O/c1-7-8(12)5-6-13-9(7)14-10(15)11(2,3)4/h5-6H,1-4H3,(H,13,14,15). The molecule has 1 amide bonds. The molecule has 1 rings (SSSR count). The normalized spacial score (nSPS) is 11.3. The largest absolute Gasteiger partial charge is 0.310 e. The molecule has 0 saturated carbocycles. The first-order valence-corrected chi connectivity index (χ1v) is 5.12. The maximum Gasteiger partial charge on any atom is 0.230 e. The zero-order chi connectivity index (χ0) is 11.6. The van der Waals surface area contributed by atoms with E-state index >= 15 is 0 Å². The first-order chi connectivity index (χ1) is 6.82. The van der Waals surface area contributed by atoms with E-state index in [-0.39, 0.29) is 5.91 Å². The van der Waals surface area contributed by atoms with Gasteiger partial charge in [0.05, 0.1) is 0 Å². The summed E-state index contributed by atoms with van der Waals surface area (Å²) in [6.07, 6.45) is 1.58. The molecule has 15 heavy (non-hydrogen) atoms. The van der Waals surface area contributed by atoms with Crippen molar-refractivity contribution in [2.75, 3.05) is 5.32 Å². The zero-order valence-electron chi connectivity index (χ0n) is 9.39. The monoisotopic (exact) mass is 226 g/mol.